The summed E-state index contributed by atoms with van der Waals surface area (Å²) in [6, 6.07) is 17.0. The van der Waals surface area contributed by atoms with Gasteiger partial charge in [0.25, 0.3) is 5.56 Å². The SMILES string of the molecule is O=C(c1ccccc1)C1CCN(Cc2nc3scc(-c4ccccc4Cl)c3c(=O)[nH]2)CC1. The van der Waals surface area contributed by atoms with Crippen LogP contribution in [0.1, 0.15) is 29.0 Å². The van der Waals surface area contributed by atoms with E-state index in [0.29, 0.717) is 27.6 Å². The molecule has 0 atom stereocenters. The number of piperidine rings is 1. The first-order chi connectivity index (χ1) is 15.6. The zero-order valence-corrected chi connectivity index (χ0v) is 19.0. The Morgan fingerprint density at radius 2 is 1.78 bits per heavy atom. The Bertz CT molecular complexity index is 1320. The van der Waals surface area contributed by atoms with Gasteiger partial charge in [0.1, 0.15) is 10.7 Å². The van der Waals surface area contributed by atoms with Crippen molar-refractivity contribution in [2.24, 2.45) is 5.92 Å². The zero-order chi connectivity index (χ0) is 22.1. The van der Waals surface area contributed by atoms with E-state index in [-0.39, 0.29) is 17.3 Å². The molecule has 4 aromatic rings. The highest BCUT2D eigenvalue weighted by Crippen LogP contribution is 2.35. The molecular formula is C25H22ClN3O2S. The third-order valence-electron chi connectivity index (χ3n) is 6.05. The summed E-state index contributed by atoms with van der Waals surface area (Å²) >= 11 is 7.80. The number of benzene rings is 2. The standard InChI is InChI=1S/C25H22ClN3O2S/c26-20-9-5-4-8-18(20)19-15-32-25-22(19)24(31)27-21(28-25)14-29-12-10-17(11-13-29)23(30)16-6-2-1-3-7-16/h1-9,15,17H,10-14H2,(H,27,28,31). The number of nitrogens with zero attached hydrogens (tertiary/aromatic N) is 2. The second kappa shape index (κ2) is 8.98. The van der Waals surface area contributed by atoms with E-state index in [1.54, 1.807) is 0 Å². The van der Waals surface area contributed by atoms with Crippen molar-refractivity contribution in [1.29, 1.82) is 0 Å². The molecule has 1 N–H and O–H groups in total. The van der Waals surface area contributed by atoms with Crippen molar-refractivity contribution in [3.63, 3.8) is 0 Å². The number of halogens is 1. The second-order valence-electron chi connectivity index (χ2n) is 8.10. The molecule has 0 aliphatic carbocycles. The number of rotatable bonds is 5. The van der Waals surface area contributed by atoms with Gasteiger partial charge >= 0.3 is 0 Å². The lowest BCUT2D eigenvalue weighted by molar-refractivity contribution is 0.0833. The number of hydrogen-bond donors (Lipinski definition) is 1. The molecular weight excluding hydrogens is 442 g/mol. The Labute approximate surface area is 194 Å². The summed E-state index contributed by atoms with van der Waals surface area (Å²) in [5, 5.41) is 3.14. The van der Waals surface area contributed by atoms with Gasteiger partial charge < -0.3 is 4.98 Å². The number of fused-ring (bicyclic) bond motifs is 1. The summed E-state index contributed by atoms with van der Waals surface area (Å²) in [5.41, 5.74) is 2.30. The lowest BCUT2D eigenvalue weighted by Crippen LogP contribution is -2.36. The molecule has 1 aliphatic rings. The summed E-state index contributed by atoms with van der Waals surface area (Å²) in [6.45, 7) is 2.18. The molecule has 0 spiro atoms. The number of ketones is 1. The van der Waals surface area contributed by atoms with Crippen LogP contribution in [0.15, 0.2) is 64.8 Å². The maximum atomic E-state index is 12.9. The van der Waals surface area contributed by atoms with E-state index in [0.717, 1.165) is 42.6 Å². The second-order valence-corrected chi connectivity index (χ2v) is 9.37. The molecule has 1 saturated heterocycles. The summed E-state index contributed by atoms with van der Waals surface area (Å²) in [7, 11) is 0. The first kappa shape index (κ1) is 21.1. The van der Waals surface area contributed by atoms with Crippen LogP contribution in [-0.2, 0) is 6.54 Å². The Hall–Kier alpha value is -2.80. The van der Waals surface area contributed by atoms with E-state index in [9.17, 15) is 9.59 Å². The highest BCUT2D eigenvalue weighted by atomic mass is 35.5. The molecule has 1 fully saturated rings. The van der Waals surface area contributed by atoms with Crippen LogP contribution in [0.2, 0.25) is 5.02 Å². The summed E-state index contributed by atoms with van der Waals surface area (Å²) < 4.78 is 0. The molecule has 162 valence electrons. The minimum atomic E-state index is -0.143. The molecule has 1 aliphatic heterocycles. The van der Waals surface area contributed by atoms with E-state index in [1.807, 2.05) is 60.0 Å². The molecule has 0 unspecified atom stereocenters. The van der Waals surface area contributed by atoms with E-state index in [1.165, 1.54) is 11.3 Å². The summed E-state index contributed by atoms with van der Waals surface area (Å²) in [6.07, 6.45) is 1.63. The largest absolute Gasteiger partial charge is 0.309 e. The normalized spacial score (nSPS) is 15.3. The average Bonchev–Trinajstić information content (AvgIpc) is 3.24. The molecule has 5 nitrogen and oxygen atoms in total. The van der Waals surface area contributed by atoms with Gasteiger partial charge in [0, 0.05) is 33.0 Å². The topological polar surface area (TPSA) is 66.1 Å². The summed E-state index contributed by atoms with van der Waals surface area (Å²) in [4.78, 5) is 36.3. The average molecular weight is 464 g/mol. The van der Waals surface area contributed by atoms with Crippen molar-refractivity contribution in [2.75, 3.05) is 13.1 Å². The van der Waals surface area contributed by atoms with Crippen molar-refractivity contribution in [2.45, 2.75) is 19.4 Å². The molecule has 7 heteroatoms. The van der Waals surface area contributed by atoms with E-state index in [4.69, 9.17) is 16.6 Å². The number of nitrogens with one attached hydrogen (secondary N) is 1. The molecule has 0 saturated carbocycles. The number of hydrogen-bond acceptors (Lipinski definition) is 5. The highest BCUT2D eigenvalue weighted by Gasteiger charge is 2.26. The molecule has 2 aromatic heterocycles. The maximum absolute atomic E-state index is 12.9. The number of Topliss-reactive ketones (excluding diaryl/α,β-unsaturated/α-hetero) is 1. The molecule has 2 aromatic carbocycles. The molecule has 32 heavy (non-hydrogen) atoms. The van der Waals surface area contributed by atoms with Gasteiger partial charge in [-0.3, -0.25) is 14.5 Å². The molecule has 5 rings (SSSR count). The minimum Gasteiger partial charge on any atom is -0.309 e. The van der Waals surface area contributed by atoms with Crippen LogP contribution >= 0.6 is 22.9 Å². The molecule has 0 radical (unpaired) electrons. The Morgan fingerprint density at radius 3 is 2.53 bits per heavy atom. The van der Waals surface area contributed by atoms with Crippen molar-refractivity contribution in [1.82, 2.24) is 14.9 Å². The number of H-pyrrole nitrogens is 1. The van der Waals surface area contributed by atoms with Crippen LogP contribution in [0.3, 0.4) is 0 Å². The van der Waals surface area contributed by atoms with Crippen LogP contribution in [0.5, 0.6) is 0 Å². The van der Waals surface area contributed by atoms with Crippen LogP contribution in [0, 0.1) is 5.92 Å². The number of aromatic nitrogens is 2. The van der Waals surface area contributed by atoms with Gasteiger partial charge in [0.15, 0.2) is 5.78 Å². The van der Waals surface area contributed by atoms with Gasteiger partial charge in [-0.25, -0.2) is 4.98 Å². The fraction of sp³-hybridized carbons (Fsp3) is 0.240. The van der Waals surface area contributed by atoms with Crippen LogP contribution in [0.4, 0.5) is 0 Å². The van der Waals surface area contributed by atoms with Crippen LogP contribution in [0.25, 0.3) is 21.3 Å². The Morgan fingerprint density at radius 1 is 1.06 bits per heavy atom. The quantitative estimate of drug-likeness (QED) is 0.402. The van der Waals surface area contributed by atoms with Gasteiger partial charge in [-0.2, -0.15) is 0 Å². The highest BCUT2D eigenvalue weighted by molar-refractivity contribution is 7.17. The van der Waals surface area contributed by atoms with E-state index in [2.05, 4.69) is 9.88 Å². The Kier molecular flexibility index (Phi) is 5.91. The van der Waals surface area contributed by atoms with Gasteiger partial charge in [-0.15, -0.1) is 11.3 Å². The fourth-order valence-corrected chi connectivity index (χ4v) is 5.54. The third kappa shape index (κ3) is 4.13. The number of aromatic amines is 1. The smallest absolute Gasteiger partial charge is 0.260 e. The zero-order valence-electron chi connectivity index (χ0n) is 17.4. The number of carbonyl (C=O) groups excluding carboxylic acids is 1. The van der Waals surface area contributed by atoms with Crippen molar-refractivity contribution < 1.29 is 4.79 Å². The van der Waals surface area contributed by atoms with E-state index < -0.39 is 0 Å². The predicted molar refractivity (Wildman–Crippen MR) is 129 cm³/mol. The van der Waals surface area contributed by atoms with Crippen molar-refractivity contribution in [3.05, 3.63) is 86.7 Å². The van der Waals surface area contributed by atoms with Gasteiger partial charge in [0.05, 0.1) is 11.9 Å². The number of thiophene rings is 1. The number of carbonyl (C=O) groups is 1. The Balaban J connectivity index is 1.30. The van der Waals surface area contributed by atoms with Crippen LogP contribution in [-0.4, -0.2) is 33.7 Å². The lowest BCUT2D eigenvalue weighted by Gasteiger charge is -2.30. The number of likely N-dealkylation sites (tertiary alicyclic amines) is 1. The minimum absolute atomic E-state index is 0.0543. The fourth-order valence-electron chi connectivity index (χ4n) is 4.35. The molecule has 3 heterocycles. The predicted octanol–water partition coefficient (Wildman–Crippen LogP) is 5.40. The van der Waals surface area contributed by atoms with Crippen LogP contribution < -0.4 is 5.56 Å². The van der Waals surface area contributed by atoms with E-state index >= 15 is 0 Å². The monoisotopic (exact) mass is 463 g/mol. The first-order valence-corrected chi connectivity index (χ1v) is 11.9. The van der Waals surface area contributed by atoms with Crippen molar-refractivity contribution in [3.8, 4) is 11.1 Å². The third-order valence-corrected chi connectivity index (χ3v) is 7.25. The van der Waals surface area contributed by atoms with Gasteiger partial charge in [0.2, 0.25) is 0 Å². The first-order valence-electron chi connectivity index (χ1n) is 10.7. The summed E-state index contributed by atoms with van der Waals surface area (Å²) in [5.74, 6) is 0.936. The molecule has 0 amide bonds. The van der Waals surface area contributed by atoms with Crippen molar-refractivity contribution >= 4 is 38.9 Å². The van der Waals surface area contributed by atoms with Gasteiger partial charge in [-0.05, 0) is 32.0 Å². The lowest BCUT2D eigenvalue weighted by atomic mass is 9.89. The molecule has 0 bridgehead atoms. The maximum Gasteiger partial charge on any atom is 0.260 e. The van der Waals surface area contributed by atoms with Gasteiger partial charge in [-0.1, -0.05) is 60.1 Å².